The van der Waals surface area contributed by atoms with Gasteiger partial charge in [-0.3, -0.25) is 0 Å². The fourth-order valence-corrected chi connectivity index (χ4v) is 2.64. The van der Waals surface area contributed by atoms with Crippen molar-refractivity contribution in [2.45, 2.75) is 25.3 Å². The Hall–Kier alpha value is -0.540. The van der Waals surface area contributed by atoms with Crippen molar-refractivity contribution in [2.75, 3.05) is 5.88 Å². The number of fused-ring (bicyclic) bond motifs is 1. The van der Waals surface area contributed by atoms with Gasteiger partial charge in [0.2, 0.25) is 0 Å². The van der Waals surface area contributed by atoms with Crippen LogP contribution in [0.1, 0.15) is 24.7 Å². The van der Waals surface area contributed by atoms with Crippen LogP contribution >= 0.6 is 27.5 Å². The summed E-state index contributed by atoms with van der Waals surface area (Å²) in [5.41, 5.74) is 2.31. The van der Waals surface area contributed by atoms with Gasteiger partial charge in [-0.15, -0.1) is 11.6 Å². The van der Waals surface area contributed by atoms with Crippen molar-refractivity contribution in [3.63, 3.8) is 0 Å². The minimum absolute atomic E-state index is 0.636. The van der Waals surface area contributed by atoms with Gasteiger partial charge in [0, 0.05) is 22.8 Å². The van der Waals surface area contributed by atoms with Crippen LogP contribution in [0.5, 0.6) is 0 Å². The summed E-state index contributed by atoms with van der Waals surface area (Å²) in [4.78, 5) is 4.66. The van der Waals surface area contributed by atoms with Crippen LogP contribution in [0.3, 0.4) is 0 Å². The number of aryl methyl sites for hydroxylation is 1. The zero-order valence-electron chi connectivity index (χ0n) is 8.79. The van der Waals surface area contributed by atoms with E-state index in [2.05, 4.69) is 37.6 Å². The minimum atomic E-state index is 0.636. The molecular weight excluding hydrogens is 288 g/mol. The standard InChI is InChI=1S/C12H12BrClN2/c13-8-1-4-10-11(7-8)16(9-2-3-9)12(15-10)5-6-14/h1,4,7,9H,2-3,5-6H2. The molecule has 1 saturated carbocycles. The highest BCUT2D eigenvalue weighted by atomic mass is 79.9. The van der Waals surface area contributed by atoms with Gasteiger partial charge in [-0.1, -0.05) is 15.9 Å². The van der Waals surface area contributed by atoms with Gasteiger partial charge in [-0.25, -0.2) is 4.98 Å². The maximum absolute atomic E-state index is 5.83. The van der Waals surface area contributed by atoms with Crippen LogP contribution in [0.4, 0.5) is 0 Å². The molecule has 0 atom stereocenters. The van der Waals surface area contributed by atoms with E-state index in [1.54, 1.807) is 0 Å². The molecule has 84 valence electrons. The summed E-state index contributed by atoms with van der Waals surface area (Å²) in [5, 5.41) is 0. The fourth-order valence-electron chi connectivity index (χ4n) is 2.12. The number of benzene rings is 1. The topological polar surface area (TPSA) is 17.8 Å². The molecule has 1 aromatic carbocycles. The lowest BCUT2D eigenvalue weighted by Crippen LogP contribution is -2.02. The Morgan fingerprint density at radius 3 is 2.94 bits per heavy atom. The number of nitrogens with zero attached hydrogens (tertiary/aromatic N) is 2. The van der Waals surface area contributed by atoms with E-state index in [-0.39, 0.29) is 0 Å². The fraction of sp³-hybridized carbons (Fsp3) is 0.417. The zero-order chi connectivity index (χ0) is 11.1. The van der Waals surface area contributed by atoms with E-state index < -0.39 is 0 Å². The van der Waals surface area contributed by atoms with Gasteiger partial charge in [-0.05, 0) is 31.0 Å². The first kappa shape index (κ1) is 10.6. The third-order valence-electron chi connectivity index (χ3n) is 2.95. The van der Waals surface area contributed by atoms with Crippen LogP contribution < -0.4 is 0 Å². The Kier molecular flexibility index (Phi) is 2.68. The van der Waals surface area contributed by atoms with Crippen molar-refractivity contribution in [3.05, 3.63) is 28.5 Å². The highest BCUT2D eigenvalue weighted by Gasteiger charge is 2.27. The first-order chi connectivity index (χ1) is 7.79. The first-order valence-corrected chi connectivity index (χ1v) is 6.84. The number of imidazole rings is 1. The van der Waals surface area contributed by atoms with E-state index in [9.17, 15) is 0 Å². The summed E-state index contributed by atoms with van der Waals surface area (Å²) in [6.45, 7) is 0. The second-order valence-corrected chi connectivity index (χ2v) is 5.49. The first-order valence-electron chi connectivity index (χ1n) is 5.52. The quantitative estimate of drug-likeness (QED) is 0.786. The van der Waals surface area contributed by atoms with Crippen LogP contribution in [0.15, 0.2) is 22.7 Å². The van der Waals surface area contributed by atoms with E-state index in [1.165, 1.54) is 18.4 Å². The van der Waals surface area contributed by atoms with Crippen molar-refractivity contribution in [2.24, 2.45) is 0 Å². The van der Waals surface area contributed by atoms with Crippen molar-refractivity contribution < 1.29 is 0 Å². The largest absolute Gasteiger partial charge is 0.325 e. The van der Waals surface area contributed by atoms with Crippen molar-refractivity contribution in [3.8, 4) is 0 Å². The molecule has 1 aromatic heterocycles. The van der Waals surface area contributed by atoms with Crippen LogP contribution in [-0.2, 0) is 6.42 Å². The summed E-state index contributed by atoms with van der Waals surface area (Å²) >= 11 is 9.35. The molecule has 1 aliphatic rings. The molecule has 4 heteroatoms. The molecule has 16 heavy (non-hydrogen) atoms. The highest BCUT2D eigenvalue weighted by Crippen LogP contribution is 2.39. The predicted octanol–water partition coefficient (Wildman–Crippen LogP) is 3.92. The van der Waals surface area contributed by atoms with Gasteiger partial charge in [0.1, 0.15) is 5.82 Å². The van der Waals surface area contributed by atoms with Crippen LogP contribution in [0, 0.1) is 0 Å². The molecule has 0 N–H and O–H groups in total. The summed E-state index contributed by atoms with van der Waals surface area (Å²) in [5.74, 6) is 1.77. The molecule has 1 fully saturated rings. The van der Waals surface area contributed by atoms with Crippen molar-refractivity contribution in [1.29, 1.82) is 0 Å². The maximum atomic E-state index is 5.83. The Labute approximate surface area is 108 Å². The Morgan fingerprint density at radius 1 is 1.44 bits per heavy atom. The van der Waals surface area contributed by atoms with Crippen molar-refractivity contribution in [1.82, 2.24) is 9.55 Å². The normalized spacial score (nSPS) is 15.9. The molecule has 0 unspecified atom stereocenters. The lowest BCUT2D eigenvalue weighted by Gasteiger charge is -2.06. The zero-order valence-corrected chi connectivity index (χ0v) is 11.1. The number of halogens is 2. The molecule has 0 bridgehead atoms. The highest BCUT2D eigenvalue weighted by molar-refractivity contribution is 9.10. The van der Waals surface area contributed by atoms with E-state index >= 15 is 0 Å². The molecule has 0 saturated heterocycles. The summed E-state index contributed by atoms with van der Waals surface area (Å²) in [6.07, 6.45) is 3.39. The Bertz CT molecular complexity index is 531. The Balaban J connectivity index is 2.21. The van der Waals surface area contributed by atoms with Crippen LogP contribution in [-0.4, -0.2) is 15.4 Å². The van der Waals surface area contributed by atoms with Gasteiger partial charge < -0.3 is 4.57 Å². The number of aromatic nitrogens is 2. The van der Waals surface area contributed by atoms with E-state index in [0.29, 0.717) is 11.9 Å². The van der Waals surface area contributed by atoms with Gasteiger partial charge in [-0.2, -0.15) is 0 Å². The van der Waals surface area contributed by atoms with E-state index in [1.807, 2.05) is 6.07 Å². The third kappa shape index (κ3) is 1.76. The van der Waals surface area contributed by atoms with Gasteiger partial charge in [0.15, 0.2) is 0 Å². The van der Waals surface area contributed by atoms with E-state index in [4.69, 9.17) is 11.6 Å². The Morgan fingerprint density at radius 2 is 2.25 bits per heavy atom. The number of hydrogen-bond acceptors (Lipinski definition) is 1. The molecule has 0 spiro atoms. The molecule has 1 aliphatic carbocycles. The maximum Gasteiger partial charge on any atom is 0.111 e. The molecule has 2 aromatic rings. The summed E-state index contributed by atoms with van der Waals surface area (Å²) < 4.78 is 3.47. The van der Waals surface area contributed by atoms with Crippen LogP contribution in [0.25, 0.3) is 11.0 Å². The third-order valence-corrected chi connectivity index (χ3v) is 3.64. The lowest BCUT2D eigenvalue weighted by atomic mass is 10.3. The van der Waals surface area contributed by atoms with Gasteiger partial charge >= 0.3 is 0 Å². The summed E-state index contributed by atoms with van der Waals surface area (Å²) in [7, 11) is 0. The lowest BCUT2D eigenvalue weighted by molar-refractivity contribution is 0.709. The average molecular weight is 300 g/mol. The number of hydrogen-bond donors (Lipinski definition) is 0. The molecule has 1 heterocycles. The molecule has 0 radical (unpaired) electrons. The summed E-state index contributed by atoms with van der Waals surface area (Å²) in [6, 6.07) is 6.91. The minimum Gasteiger partial charge on any atom is -0.325 e. The van der Waals surface area contributed by atoms with Gasteiger partial charge in [0.05, 0.1) is 11.0 Å². The second-order valence-electron chi connectivity index (χ2n) is 4.20. The monoisotopic (exact) mass is 298 g/mol. The van der Waals surface area contributed by atoms with Gasteiger partial charge in [0.25, 0.3) is 0 Å². The average Bonchev–Trinajstić information content (AvgIpc) is 3.02. The predicted molar refractivity (Wildman–Crippen MR) is 70.1 cm³/mol. The molecule has 3 rings (SSSR count). The molecular formula is C12H12BrClN2. The smallest absolute Gasteiger partial charge is 0.111 e. The second kappa shape index (κ2) is 4.04. The number of rotatable bonds is 3. The van der Waals surface area contributed by atoms with Crippen LogP contribution in [0.2, 0.25) is 0 Å². The molecule has 2 nitrogen and oxygen atoms in total. The SMILES string of the molecule is ClCCc1nc2ccc(Br)cc2n1C1CC1. The number of alkyl halides is 1. The molecule has 0 aliphatic heterocycles. The van der Waals surface area contributed by atoms with Crippen molar-refractivity contribution >= 4 is 38.6 Å². The van der Waals surface area contributed by atoms with E-state index in [0.717, 1.165) is 22.2 Å². The molecule has 0 amide bonds.